The average Bonchev–Trinajstić information content (AvgIpc) is 3.69. The first-order chi connectivity index (χ1) is 25.7. The van der Waals surface area contributed by atoms with E-state index >= 15 is 0 Å². The number of likely N-dealkylation sites (tertiary alicyclic amines) is 6. The van der Waals surface area contributed by atoms with Gasteiger partial charge in [0.2, 0.25) is 0 Å². The zero-order valence-electron chi connectivity index (χ0n) is 39.6. The van der Waals surface area contributed by atoms with Gasteiger partial charge >= 0.3 is 0 Å². The Morgan fingerprint density at radius 2 is 0.661 bits per heavy atom. The minimum Gasteiger partial charge on any atom is -0.378 e. The molecule has 56 heavy (non-hydrogen) atoms. The third kappa shape index (κ3) is 12.4. The van der Waals surface area contributed by atoms with Crippen LogP contribution in [0.15, 0.2) is 0 Å². The molecule has 6 aliphatic heterocycles. The Morgan fingerprint density at radius 3 is 1.05 bits per heavy atom. The zero-order valence-corrected chi connectivity index (χ0v) is 39.6. The van der Waals surface area contributed by atoms with Gasteiger partial charge in [-0.3, -0.25) is 29.4 Å². The van der Waals surface area contributed by atoms with Crippen LogP contribution in [0.5, 0.6) is 0 Å². The molecule has 0 aliphatic carbocycles. The van der Waals surface area contributed by atoms with E-state index in [1.165, 1.54) is 90.6 Å². The van der Waals surface area contributed by atoms with Gasteiger partial charge in [0, 0.05) is 62.4 Å². The van der Waals surface area contributed by atoms with Gasteiger partial charge in [-0.1, -0.05) is 41.5 Å². The van der Waals surface area contributed by atoms with Crippen LogP contribution in [0.3, 0.4) is 0 Å². The van der Waals surface area contributed by atoms with Crippen molar-refractivity contribution >= 4 is 0 Å². The summed E-state index contributed by atoms with van der Waals surface area (Å²) >= 11 is 0. The molecule has 0 aromatic heterocycles. The van der Waals surface area contributed by atoms with Crippen LogP contribution >= 0.6 is 0 Å². The van der Waals surface area contributed by atoms with Crippen molar-refractivity contribution in [2.24, 2.45) is 34.0 Å². The zero-order chi connectivity index (χ0) is 42.1. The van der Waals surface area contributed by atoms with E-state index in [0.717, 1.165) is 39.3 Å². The highest BCUT2D eigenvalue weighted by atomic mass is 16.3. The van der Waals surface area contributed by atoms with Crippen molar-refractivity contribution in [1.82, 2.24) is 29.4 Å². The number of piperidine rings is 3. The van der Waals surface area contributed by atoms with Gasteiger partial charge in [-0.25, -0.2) is 0 Å². The normalized spacial score (nSPS) is 29.1. The van der Waals surface area contributed by atoms with E-state index in [0.29, 0.717) is 45.1 Å². The maximum atomic E-state index is 10.3. The molecule has 0 saturated carbocycles. The molecule has 3 N–H and O–H groups in total. The molecule has 4 unspecified atom stereocenters. The van der Waals surface area contributed by atoms with Crippen LogP contribution in [0.4, 0.5) is 0 Å². The van der Waals surface area contributed by atoms with Crippen LogP contribution in [-0.2, 0) is 0 Å². The third-order valence-corrected chi connectivity index (χ3v) is 15.1. The van der Waals surface area contributed by atoms with E-state index in [1.54, 1.807) is 0 Å². The van der Waals surface area contributed by atoms with Gasteiger partial charge in [-0.2, -0.15) is 0 Å². The predicted octanol–water partition coefficient (Wildman–Crippen LogP) is 7.25. The molecule has 3 spiro atoms. The van der Waals surface area contributed by atoms with E-state index in [1.807, 2.05) is 0 Å². The molecule has 6 saturated heterocycles. The van der Waals surface area contributed by atoms with E-state index in [9.17, 15) is 15.3 Å². The maximum absolute atomic E-state index is 10.3. The van der Waals surface area contributed by atoms with Gasteiger partial charge in [0.15, 0.2) is 0 Å². The fourth-order valence-corrected chi connectivity index (χ4v) is 10.8. The molecule has 0 amide bonds. The summed E-state index contributed by atoms with van der Waals surface area (Å²) in [7, 11) is 0. The van der Waals surface area contributed by atoms with Gasteiger partial charge < -0.3 is 15.3 Å². The molecule has 6 rings (SSSR count). The van der Waals surface area contributed by atoms with Gasteiger partial charge in [0.1, 0.15) is 18.7 Å². The van der Waals surface area contributed by atoms with Gasteiger partial charge in [-0.15, -0.1) is 0 Å². The Bertz CT molecular complexity index is 1180. The maximum Gasteiger partial charge on any atom is 0.109 e. The molecule has 9 nitrogen and oxygen atoms in total. The standard InChI is InChI=1S/2C16H32N2O.C15H30N2O/c1-13(2)14(19)17-9-6-16(12-17)7-10-18(11-8-16)15(3,4)5;1-13(2)14(19)17-10-8-16(11-17)7-6-9-18(12-16)15(3,4)5;1-12(2)13(18)16-10-15(11-16)6-8-17(9-7-15)14(3,4)5/h2*13-14,19H,6-12H2,1-5H3;12-13,18H,6-11H2,1-5H3. The molecular formula is C47H94N6O3. The summed E-state index contributed by atoms with van der Waals surface area (Å²) in [6.45, 7) is 47.3. The highest BCUT2D eigenvalue weighted by molar-refractivity contribution is 5.01. The van der Waals surface area contributed by atoms with Crippen LogP contribution in [-0.4, -0.2) is 159 Å². The van der Waals surface area contributed by atoms with Crippen molar-refractivity contribution in [3.63, 3.8) is 0 Å². The quantitative estimate of drug-likeness (QED) is 0.258. The lowest BCUT2D eigenvalue weighted by atomic mass is 9.71. The molecule has 6 fully saturated rings. The summed E-state index contributed by atoms with van der Waals surface area (Å²) < 4.78 is 0. The summed E-state index contributed by atoms with van der Waals surface area (Å²) in [5, 5.41) is 30.6. The summed E-state index contributed by atoms with van der Waals surface area (Å²) in [6.07, 6.45) is 9.61. The average molecular weight is 791 g/mol. The van der Waals surface area contributed by atoms with E-state index in [-0.39, 0.29) is 24.2 Å². The Labute approximate surface area is 346 Å². The molecule has 9 heteroatoms. The Kier molecular flexibility index (Phi) is 16.1. The number of hydrogen-bond donors (Lipinski definition) is 3. The van der Waals surface area contributed by atoms with Crippen molar-refractivity contribution in [2.45, 2.75) is 191 Å². The Morgan fingerprint density at radius 1 is 0.357 bits per heavy atom. The van der Waals surface area contributed by atoms with E-state index in [2.05, 4.69) is 133 Å². The summed E-state index contributed by atoms with van der Waals surface area (Å²) in [5.41, 5.74) is 2.31. The lowest BCUT2D eigenvalue weighted by Crippen LogP contribution is -2.64. The number of rotatable bonds is 6. The number of aliphatic hydroxyl groups is 3. The Hall–Kier alpha value is -0.360. The number of aliphatic hydroxyl groups excluding tert-OH is 3. The van der Waals surface area contributed by atoms with Crippen LogP contribution in [0.2, 0.25) is 0 Å². The third-order valence-electron chi connectivity index (χ3n) is 15.1. The monoisotopic (exact) mass is 791 g/mol. The number of nitrogens with zero attached hydrogens (tertiary/aromatic N) is 6. The minimum absolute atomic E-state index is 0.240. The summed E-state index contributed by atoms with van der Waals surface area (Å²) in [5.74, 6) is 1.01. The van der Waals surface area contributed by atoms with E-state index < -0.39 is 0 Å². The van der Waals surface area contributed by atoms with Crippen LogP contribution in [0.25, 0.3) is 0 Å². The summed E-state index contributed by atoms with van der Waals surface area (Å²) in [6, 6.07) is 0. The van der Waals surface area contributed by atoms with Gasteiger partial charge in [-0.05, 0) is 180 Å². The van der Waals surface area contributed by atoms with Gasteiger partial charge in [0.25, 0.3) is 0 Å². The highest BCUT2D eigenvalue weighted by Gasteiger charge is 2.49. The first-order valence-electron chi connectivity index (χ1n) is 23.2. The van der Waals surface area contributed by atoms with Crippen molar-refractivity contribution < 1.29 is 15.3 Å². The van der Waals surface area contributed by atoms with Crippen LogP contribution < -0.4 is 0 Å². The smallest absolute Gasteiger partial charge is 0.109 e. The number of hydrogen-bond acceptors (Lipinski definition) is 9. The largest absolute Gasteiger partial charge is 0.378 e. The Balaban J connectivity index is 0.000000187. The second-order valence-corrected chi connectivity index (χ2v) is 23.8. The van der Waals surface area contributed by atoms with Crippen LogP contribution in [0.1, 0.15) is 155 Å². The lowest BCUT2D eigenvalue weighted by Gasteiger charge is -2.57. The first kappa shape index (κ1) is 48.3. The van der Waals surface area contributed by atoms with Crippen molar-refractivity contribution in [1.29, 1.82) is 0 Å². The topological polar surface area (TPSA) is 80.1 Å². The molecular weight excluding hydrogens is 697 g/mol. The van der Waals surface area contributed by atoms with Crippen LogP contribution in [0, 0.1) is 34.0 Å². The van der Waals surface area contributed by atoms with Crippen molar-refractivity contribution in [2.75, 3.05) is 78.5 Å². The minimum atomic E-state index is -0.260. The summed E-state index contributed by atoms with van der Waals surface area (Å²) in [4.78, 5) is 14.7. The first-order valence-corrected chi connectivity index (χ1v) is 23.2. The predicted molar refractivity (Wildman–Crippen MR) is 235 cm³/mol. The second kappa shape index (κ2) is 18.7. The van der Waals surface area contributed by atoms with Gasteiger partial charge in [0.05, 0.1) is 0 Å². The second-order valence-electron chi connectivity index (χ2n) is 23.8. The molecule has 0 aromatic carbocycles. The molecule has 0 bridgehead atoms. The molecule has 6 aliphatic rings. The van der Waals surface area contributed by atoms with Crippen molar-refractivity contribution in [3.8, 4) is 0 Å². The fraction of sp³-hybridized carbons (Fsp3) is 1.00. The molecule has 6 heterocycles. The van der Waals surface area contributed by atoms with Crippen molar-refractivity contribution in [3.05, 3.63) is 0 Å². The SMILES string of the molecule is CC(C)C(O)N1CC2(CCN(C(C)(C)C)CC2)C1.CC(C)C(O)N1CCC2(CCCN(C(C)(C)C)C2)C1.CC(C)C(O)N1CCC2(CCN(C(C)(C)C)CC2)C1. The molecule has 4 atom stereocenters. The van der Waals surface area contributed by atoms with E-state index in [4.69, 9.17) is 0 Å². The molecule has 330 valence electrons. The lowest BCUT2D eigenvalue weighted by molar-refractivity contribution is -0.149. The molecule has 0 radical (unpaired) electrons. The molecule has 0 aromatic rings. The highest BCUT2D eigenvalue weighted by Crippen LogP contribution is 2.45. The fourth-order valence-electron chi connectivity index (χ4n) is 10.8.